The van der Waals surface area contributed by atoms with Gasteiger partial charge >= 0.3 is 0 Å². The highest BCUT2D eigenvalue weighted by molar-refractivity contribution is 5.85. The average molecular weight is 475 g/mol. The van der Waals surface area contributed by atoms with Gasteiger partial charge in [-0.05, 0) is 30.4 Å². The fourth-order valence-electron chi connectivity index (χ4n) is 4.01. The van der Waals surface area contributed by atoms with Gasteiger partial charge in [0.2, 0.25) is 11.8 Å². The average Bonchev–Trinajstić information content (AvgIpc) is 3.58. The number of nitrogens with zero attached hydrogens (tertiary/aromatic N) is 5. The Bertz CT molecular complexity index is 1250. The van der Waals surface area contributed by atoms with Crippen molar-refractivity contribution >= 4 is 22.6 Å². The van der Waals surface area contributed by atoms with E-state index in [9.17, 15) is 9.59 Å². The van der Waals surface area contributed by atoms with Crippen LogP contribution in [0.4, 0.5) is 0 Å². The van der Waals surface area contributed by atoms with Crippen LogP contribution in [-0.4, -0.2) is 55.4 Å². The molecule has 0 fully saturated rings. The molecular formula is C25H30N8O2. The Morgan fingerprint density at radius 2 is 1.97 bits per heavy atom. The highest BCUT2D eigenvalue weighted by Gasteiger charge is 2.17. The summed E-state index contributed by atoms with van der Waals surface area (Å²) < 4.78 is 1.49. The van der Waals surface area contributed by atoms with Crippen LogP contribution >= 0.6 is 0 Å². The molecule has 1 atom stereocenters. The molecule has 0 aliphatic carbocycles. The van der Waals surface area contributed by atoms with Crippen LogP contribution in [0.1, 0.15) is 43.8 Å². The topological polar surface area (TPSA) is 130 Å². The van der Waals surface area contributed by atoms with Gasteiger partial charge in [-0.1, -0.05) is 30.2 Å². The van der Waals surface area contributed by atoms with Gasteiger partial charge in [0.15, 0.2) is 0 Å². The van der Waals surface area contributed by atoms with Crippen molar-refractivity contribution in [3.8, 4) is 11.3 Å². The molecule has 10 nitrogen and oxygen atoms in total. The second-order valence-corrected chi connectivity index (χ2v) is 8.49. The predicted octanol–water partition coefficient (Wildman–Crippen LogP) is 2.81. The normalized spacial score (nSPS) is 11.9. The third kappa shape index (κ3) is 6.72. The molecule has 0 aliphatic heterocycles. The Hall–Kier alpha value is -4.08. The molecule has 2 amide bonds. The van der Waals surface area contributed by atoms with E-state index in [0.29, 0.717) is 13.0 Å². The summed E-state index contributed by atoms with van der Waals surface area (Å²) in [6, 6.07) is 8.21. The second kappa shape index (κ2) is 11.9. The monoisotopic (exact) mass is 474 g/mol. The number of nitrogens with one attached hydrogen (secondary N) is 3. The molecule has 4 aromatic rings. The van der Waals surface area contributed by atoms with Gasteiger partial charge in [-0.15, -0.1) is 5.10 Å². The van der Waals surface area contributed by atoms with Crippen molar-refractivity contribution in [1.82, 2.24) is 40.6 Å². The fourth-order valence-corrected chi connectivity index (χ4v) is 4.01. The number of aromatic amines is 1. The number of aromatic nitrogens is 6. The molecule has 0 saturated heterocycles. The molecule has 0 aliphatic rings. The Balaban J connectivity index is 1.42. The lowest BCUT2D eigenvalue weighted by atomic mass is 9.99. The molecule has 0 bridgehead atoms. The molecule has 3 aromatic heterocycles. The number of imidazole rings is 1. The number of rotatable bonds is 12. The number of carbonyl (C=O) groups excluding carboxylic acids is 2. The van der Waals surface area contributed by atoms with E-state index < -0.39 is 0 Å². The first-order valence-corrected chi connectivity index (χ1v) is 11.8. The van der Waals surface area contributed by atoms with E-state index in [2.05, 4.69) is 54.1 Å². The third-order valence-corrected chi connectivity index (χ3v) is 5.99. The van der Waals surface area contributed by atoms with E-state index in [1.54, 1.807) is 25.6 Å². The quantitative estimate of drug-likeness (QED) is 0.271. The van der Waals surface area contributed by atoms with E-state index in [0.717, 1.165) is 53.5 Å². The predicted molar refractivity (Wildman–Crippen MR) is 132 cm³/mol. The van der Waals surface area contributed by atoms with Gasteiger partial charge in [0.1, 0.15) is 12.4 Å². The lowest BCUT2D eigenvalue weighted by molar-refractivity contribution is -0.122. The molecule has 1 aromatic carbocycles. The molecule has 0 radical (unpaired) electrons. The van der Waals surface area contributed by atoms with Crippen molar-refractivity contribution in [2.75, 3.05) is 13.6 Å². The largest absolute Gasteiger partial charge is 0.359 e. The zero-order valence-corrected chi connectivity index (χ0v) is 19.8. The van der Waals surface area contributed by atoms with Crippen molar-refractivity contribution in [2.24, 2.45) is 0 Å². The lowest BCUT2D eigenvalue weighted by Crippen LogP contribution is -2.32. The Kier molecular flexibility index (Phi) is 8.16. The van der Waals surface area contributed by atoms with Crippen molar-refractivity contribution < 1.29 is 9.59 Å². The van der Waals surface area contributed by atoms with Gasteiger partial charge in [-0.2, -0.15) is 0 Å². The standard InChI is InChI=1S/C25H30N8O2/c1-26-23(34)6-4-2-3-5-20(15-28-24(35)17-33-12-11-30-32-33)25-29-16-22(31-25)19-8-7-18-9-10-27-14-21(18)13-19/h7-14,16,20H,2-6,15,17H2,1H3,(H,26,34)(H,28,35)(H,29,31). The SMILES string of the molecule is CNC(=O)CCCCCC(CNC(=O)Cn1ccnn1)c1ncc(-c2ccc3ccncc3c2)[nH]1. The smallest absolute Gasteiger partial charge is 0.241 e. The minimum Gasteiger partial charge on any atom is -0.359 e. The van der Waals surface area contributed by atoms with Crippen LogP contribution in [0, 0.1) is 0 Å². The van der Waals surface area contributed by atoms with Crippen LogP contribution in [0.15, 0.2) is 55.2 Å². The maximum Gasteiger partial charge on any atom is 0.241 e. The molecular weight excluding hydrogens is 444 g/mol. The van der Waals surface area contributed by atoms with Gasteiger partial charge in [0, 0.05) is 55.5 Å². The Labute approximate surface area is 203 Å². The Morgan fingerprint density at radius 3 is 2.80 bits per heavy atom. The number of amides is 2. The summed E-state index contributed by atoms with van der Waals surface area (Å²) in [6.45, 7) is 0.574. The highest BCUT2D eigenvalue weighted by Crippen LogP contribution is 2.26. The number of fused-ring (bicyclic) bond motifs is 1. The van der Waals surface area contributed by atoms with Gasteiger partial charge in [-0.25, -0.2) is 9.67 Å². The number of H-pyrrole nitrogens is 1. The summed E-state index contributed by atoms with van der Waals surface area (Å²) in [5.41, 5.74) is 1.95. The van der Waals surface area contributed by atoms with Gasteiger partial charge in [0.05, 0.1) is 18.1 Å². The summed E-state index contributed by atoms with van der Waals surface area (Å²) in [5.74, 6) is 0.779. The minimum atomic E-state index is -0.131. The van der Waals surface area contributed by atoms with E-state index >= 15 is 0 Å². The minimum absolute atomic E-state index is 0.0190. The number of hydrogen-bond donors (Lipinski definition) is 3. The summed E-state index contributed by atoms with van der Waals surface area (Å²) in [6.07, 6.45) is 12.7. The van der Waals surface area contributed by atoms with Gasteiger partial charge in [-0.3, -0.25) is 14.6 Å². The summed E-state index contributed by atoms with van der Waals surface area (Å²) in [7, 11) is 1.65. The van der Waals surface area contributed by atoms with Crippen LogP contribution in [0.2, 0.25) is 0 Å². The number of pyridine rings is 1. The van der Waals surface area contributed by atoms with Crippen molar-refractivity contribution in [3.05, 3.63) is 61.1 Å². The lowest BCUT2D eigenvalue weighted by Gasteiger charge is -2.16. The number of hydrogen-bond acceptors (Lipinski definition) is 6. The number of unbranched alkanes of at least 4 members (excludes halogenated alkanes) is 2. The zero-order valence-electron chi connectivity index (χ0n) is 19.8. The molecule has 0 saturated carbocycles. The number of benzene rings is 1. The van der Waals surface area contributed by atoms with E-state index in [1.165, 1.54) is 4.68 Å². The zero-order chi connectivity index (χ0) is 24.5. The maximum atomic E-state index is 12.4. The summed E-state index contributed by atoms with van der Waals surface area (Å²) >= 11 is 0. The van der Waals surface area contributed by atoms with Crippen molar-refractivity contribution in [3.63, 3.8) is 0 Å². The summed E-state index contributed by atoms with van der Waals surface area (Å²) in [4.78, 5) is 36.2. The highest BCUT2D eigenvalue weighted by atomic mass is 16.2. The molecule has 10 heteroatoms. The molecule has 35 heavy (non-hydrogen) atoms. The summed E-state index contributed by atoms with van der Waals surface area (Å²) in [5, 5.41) is 15.4. The van der Waals surface area contributed by atoms with E-state index in [-0.39, 0.29) is 24.3 Å². The fraction of sp³-hybridized carbons (Fsp3) is 0.360. The van der Waals surface area contributed by atoms with Crippen molar-refractivity contribution in [2.45, 2.75) is 44.6 Å². The first-order valence-electron chi connectivity index (χ1n) is 11.8. The van der Waals surface area contributed by atoms with Crippen LogP contribution in [0.25, 0.3) is 22.0 Å². The van der Waals surface area contributed by atoms with Gasteiger partial charge in [0.25, 0.3) is 0 Å². The molecule has 0 spiro atoms. The second-order valence-electron chi connectivity index (χ2n) is 8.49. The van der Waals surface area contributed by atoms with E-state index in [4.69, 9.17) is 0 Å². The third-order valence-electron chi connectivity index (χ3n) is 5.99. The Morgan fingerprint density at radius 1 is 1.06 bits per heavy atom. The molecule has 182 valence electrons. The maximum absolute atomic E-state index is 12.4. The van der Waals surface area contributed by atoms with Crippen LogP contribution in [0.5, 0.6) is 0 Å². The molecule has 4 rings (SSSR count). The molecule has 1 unspecified atom stereocenters. The number of carbonyl (C=O) groups is 2. The first kappa shape index (κ1) is 24.1. The van der Waals surface area contributed by atoms with Crippen LogP contribution in [0.3, 0.4) is 0 Å². The van der Waals surface area contributed by atoms with Crippen molar-refractivity contribution in [1.29, 1.82) is 0 Å². The molecule has 3 N–H and O–H groups in total. The van der Waals surface area contributed by atoms with Crippen LogP contribution < -0.4 is 10.6 Å². The first-order chi connectivity index (χ1) is 17.1. The van der Waals surface area contributed by atoms with Gasteiger partial charge < -0.3 is 15.6 Å². The molecule has 3 heterocycles. The van der Waals surface area contributed by atoms with Crippen LogP contribution in [-0.2, 0) is 16.1 Å². The van der Waals surface area contributed by atoms with E-state index in [1.807, 2.05) is 18.5 Å².